The fourth-order valence-electron chi connectivity index (χ4n) is 3.65. The van der Waals surface area contributed by atoms with E-state index in [2.05, 4.69) is 9.97 Å². The molecule has 0 unspecified atom stereocenters. The van der Waals surface area contributed by atoms with Crippen LogP contribution in [-0.4, -0.2) is 41.7 Å². The number of nitrogens with zero attached hydrogens (tertiary/aromatic N) is 4. The Balaban J connectivity index is 1.49. The number of para-hydroxylation sites is 1. The number of fused-ring (bicyclic) bond motifs is 1. The minimum atomic E-state index is -3.59. The summed E-state index contributed by atoms with van der Waals surface area (Å²) >= 11 is 7.68. The van der Waals surface area contributed by atoms with Crippen molar-refractivity contribution >= 4 is 54.2 Å². The highest BCUT2D eigenvalue weighted by Crippen LogP contribution is 2.34. The lowest BCUT2D eigenvalue weighted by Gasteiger charge is -2.20. The molecule has 0 radical (unpaired) electrons. The zero-order valence-corrected chi connectivity index (χ0v) is 20.6. The molecule has 0 bridgehead atoms. The third kappa shape index (κ3) is 4.44. The van der Waals surface area contributed by atoms with Gasteiger partial charge in [-0.05, 0) is 60.9 Å². The topological polar surface area (TPSA) is 83.5 Å². The van der Waals surface area contributed by atoms with Gasteiger partial charge in [0.25, 0.3) is 5.91 Å². The fraction of sp³-hybridized carbons (Fsp3) is 0.208. The molecule has 0 spiro atoms. The number of carbonyl (C=O) groups excluding carboxylic acids is 1. The molecule has 4 aromatic rings. The van der Waals surface area contributed by atoms with E-state index in [1.54, 1.807) is 42.5 Å². The SMILES string of the molecule is CN(C1CC1)S(=O)(=O)c1ccc(C(=O)N(Cc2cccnc2)c2nc3c(Cl)cccc3s2)cc1. The Morgan fingerprint density at radius 2 is 1.88 bits per heavy atom. The number of hydrogen-bond donors (Lipinski definition) is 0. The highest BCUT2D eigenvalue weighted by atomic mass is 35.5. The molecule has 1 fully saturated rings. The molecule has 1 aliphatic carbocycles. The molecule has 1 aliphatic rings. The lowest BCUT2D eigenvalue weighted by Crippen LogP contribution is -2.31. The van der Waals surface area contributed by atoms with E-state index in [-0.39, 0.29) is 23.4 Å². The van der Waals surface area contributed by atoms with Gasteiger partial charge >= 0.3 is 0 Å². The van der Waals surface area contributed by atoms with Crippen LogP contribution in [0.25, 0.3) is 10.2 Å². The number of hydrogen-bond acceptors (Lipinski definition) is 6. The summed E-state index contributed by atoms with van der Waals surface area (Å²) in [5.74, 6) is -0.293. The molecule has 7 nitrogen and oxygen atoms in total. The maximum Gasteiger partial charge on any atom is 0.260 e. The summed E-state index contributed by atoms with van der Waals surface area (Å²) in [5.41, 5.74) is 1.84. The van der Waals surface area contributed by atoms with E-state index in [0.29, 0.717) is 21.2 Å². The second-order valence-corrected chi connectivity index (χ2v) is 11.5. The Morgan fingerprint density at radius 1 is 1.12 bits per heavy atom. The molecule has 1 saturated carbocycles. The Morgan fingerprint density at radius 3 is 2.53 bits per heavy atom. The van der Waals surface area contributed by atoms with Crippen LogP contribution in [0.4, 0.5) is 5.13 Å². The molecule has 174 valence electrons. The van der Waals surface area contributed by atoms with Crippen molar-refractivity contribution in [3.05, 3.63) is 83.1 Å². The van der Waals surface area contributed by atoms with Gasteiger partial charge in [-0.1, -0.05) is 35.1 Å². The van der Waals surface area contributed by atoms with E-state index in [4.69, 9.17) is 11.6 Å². The third-order valence-electron chi connectivity index (χ3n) is 5.74. The number of thiazole rings is 1. The summed E-state index contributed by atoms with van der Waals surface area (Å²) in [6.45, 7) is 0.259. The summed E-state index contributed by atoms with van der Waals surface area (Å²) in [6.07, 6.45) is 5.12. The van der Waals surface area contributed by atoms with E-state index in [1.165, 1.54) is 27.8 Å². The monoisotopic (exact) mass is 512 g/mol. The van der Waals surface area contributed by atoms with Crippen molar-refractivity contribution in [3.63, 3.8) is 0 Å². The van der Waals surface area contributed by atoms with Gasteiger partial charge in [0.15, 0.2) is 5.13 Å². The van der Waals surface area contributed by atoms with Gasteiger partial charge in [-0.25, -0.2) is 13.4 Å². The quantitative estimate of drug-likeness (QED) is 0.349. The van der Waals surface area contributed by atoms with Crippen LogP contribution in [0.15, 0.2) is 71.9 Å². The normalized spacial score (nSPS) is 14.0. The number of sulfonamides is 1. The number of anilines is 1. The first-order valence-corrected chi connectivity index (χ1v) is 13.3. The molecule has 2 aromatic heterocycles. The van der Waals surface area contributed by atoms with Crippen LogP contribution in [-0.2, 0) is 16.6 Å². The molecule has 0 N–H and O–H groups in total. The van der Waals surface area contributed by atoms with Gasteiger partial charge in [-0.3, -0.25) is 14.7 Å². The van der Waals surface area contributed by atoms with E-state index < -0.39 is 10.0 Å². The maximum atomic E-state index is 13.6. The predicted molar refractivity (Wildman–Crippen MR) is 134 cm³/mol. The van der Waals surface area contributed by atoms with Crippen molar-refractivity contribution in [3.8, 4) is 0 Å². The van der Waals surface area contributed by atoms with Crippen molar-refractivity contribution < 1.29 is 13.2 Å². The van der Waals surface area contributed by atoms with Gasteiger partial charge in [-0.2, -0.15) is 4.31 Å². The smallest absolute Gasteiger partial charge is 0.260 e. The highest BCUT2D eigenvalue weighted by Gasteiger charge is 2.35. The standard InChI is InChI=1S/C24H21ClN4O3S2/c1-28(18-9-10-18)34(31,32)19-11-7-17(8-12-19)23(30)29(15-16-4-3-13-26-14-16)24-27-22-20(25)5-2-6-21(22)33-24/h2-8,11-14,18H,9-10,15H2,1H3. The van der Waals surface area contributed by atoms with Crippen molar-refractivity contribution in [1.29, 1.82) is 0 Å². The second kappa shape index (κ2) is 9.07. The number of halogens is 1. The minimum Gasteiger partial charge on any atom is -0.279 e. The molecule has 2 aromatic carbocycles. The van der Waals surface area contributed by atoms with Crippen LogP contribution in [0, 0.1) is 0 Å². The van der Waals surface area contributed by atoms with E-state index >= 15 is 0 Å². The average molecular weight is 513 g/mol. The van der Waals surface area contributed by atoms with Crippen molar-refractivity contribution in [2.75, 3.05) is 11.9 Å². The van der Waals surface area contributed by atoms with Crippen molar-refractivity contribution in [1.82, 2.24) is 14.3 Å². The first-order valence-electron chi connectivity index (χ1n) is 10.7. The molecule has 0 aliphatic heterocycles. The second-order valence-electron chi connectivity index (χ2n) is 8.11. The van der Waals surface area contributed by atoms with Crippen LogP contribution in [0.2, 0.25) is 5.02 Å². The van der Waals surface area contributed by atoms with Crippen LogP contribution >= 0.6 is 22.9 Å². The zero-order valence-electron chi connectivity index (χ0n) is 18.3. The van der Waals surface area contributed by atoms with E-state index in [0.717, 1.165) is 23.1 Å². The number of pyridine rings is 1. The molecule has 5 rings (SSSR count). The Labute approximate surface area is 206 Å². The summed E-state index contributed by atoms with van der Waals surface area (Å²) in [5, 5.41) is 1.02. The molecular weight excluding hydrogens is 492 g/mol. The average Bonchev–Trinajstić information content (AvgIpc) is 3.61. The van der Waals surface area contributed by atoms with E-state index in [1.807, 2.05) is 24.3 Å². The summed E-state index contributed by atoms with van der Waals surface area (Å²) in [6, 6.07) is 15.3. The number of amides is 1. The van der Waals surface area contributed by atoms with Crippen molar-refractivity contribution in [2.45, 2.75) is 30.3 Å². The third-order valence-corrected chi connectivity index (χ3v) is 9.01. The van der Waals surface area contributed by atoms with Gasteiger partial charge in [0.05, 0.1) is 21.2 Å². The highest BCUT2D eigenvalue weighted by molar-refractivity contribution is 7.89. The molecule has 34 heavy (non-hydrogen) atoms. The Hall–Kier alpha value is -2.85. The largest absolute Gasteiger partial charge is 0.279 e. The summed E-state index contributed by atoms with van der Waals surface area (Å²) < 4.78 is 27.9. The number of rotatable bonds is 7. The van der Waals surface area contributed by atoms with Gasteiger partial charge < -0.3 is 0 Å². The molecule has 2 heterocycles. The van der Waals surface area contributed by atoms with Crippen LogP contribution in [0.5, 0.6) is 0 Å². The van der Waals surface area contributed by atoms with Crippen LogP contribution < -0.4 is 4.90 Å². The van der Waals surface area contributed by atoms with Gasteiger partial charge in [-0.15, -0.1) is 0 Å². The predicted octanol–water partition coefficient (Wildman–Crippen LogP) is 4.97. The lowest BCUT2D eigenvalue weighted by atomic mass is 10.2. The first kappa shape index (κ1) is 22.9. The first-order chi connectivity index (χ1) is 16.3. The van der Waals surface area contributed by atoms with Crippen molar-refractivity contribution in [2.24, 2.45) is 0 Å². The summed E-state index contributed by atoms with van der Waals surface area (Å²) in [4.78, 5) is 24.1. The molecular formula is C24H21ClN4O3S2. The Bertz CT molecular complexity index is 1450. The maximum absolute atomic E-state index is 13.6. The van der Waals surface area contributed by atoms with Gasteiger partial charge in [0.2, 0.25) is 10.0 Å². The van der Waals surface area contributed by atoms with Gasteiger partial charge in [0.1, 0.15) is 5.52 Å². The number of aromatic nitrogens is 2. The molecule has 0 saturated heterocycles. The lowest BCUT2D eigenvalue weighted by molar-refractivity contribution is 0.0985. The van der Waals surface area contributed by atoms with Crippen LogP contribution in [0.3, 0.4) is 0 Å². The molecule has 10 heteroatoms. The fourth-order valence-corrected chi connectivity index (χ4v) is 6.32. The van der Waals surface area contributed by atoms with Gasteiger partial charge in [0, 0.05) is 31.0 Å². The molecule has 0 atom stereocenters. The molecule has 1 amide bonds. The number of carbonyl (C=O) groups is 1. The van der Waals surface area contributed by atoms with E-state index in [9.17, 15) is 13.2 Å². The minimum absolute atomic E-state index is 0.0622. The van der Waals surface area contributed by atoms with Crippen LogP contribution in [0.1, 0.15) is 28.8 Å². The zero-order chi connectivity index (χ0) is 23.9. The Kier molecular flexibility index (Phi) is 6.11. The number of benzene rings is 2. The summed E-state index contributed by atoms with van der Waals surface area (Å²) in [7, 11) is -1.99.